The average Bonchev–Trinajstić information content (AvgIpc) is 3.17. The number of benzene rings is 2. The molecule has 2 aromatic carbocycles. The zero-order valence-electron chi connectivity index (χ0n) is 15.9. The van der Waals surface area contributed by atoms with E-state index in [9.17, 15) is 18.4 Å². The molecule has 1 amide bonds. The van der Waals surface area contributed by atoms with Gasteiger partial charge >= 0.3 is 5.63 Å². The van der Waals surface area contributed by atoms with Crippen molar-refractivity contribution in [2.75, 3.05) is 11.9 Å². The molecule has 0 aliphatic carbocycles. The van der Waals surface area contributed by atoms with Gasteiger partial charge in [0.15, 0.2) is 23.4 Å². The number of rotatable bonds is 5. The van der Waals surface area contributed by atoms with Crippen molar-refractivity contribution in [2.24, 2.45) is 0 Å². The van der Waals surface area contributed by atoms with Gasteiger partial charge in [-0.3, -0.25) is 10.1 Å². The van der Waals surface area contributed by atoms with Crippen LogP contribution < -0.4 is 15.7 Å². The number of nitrogens with one attached hydrogen (secondary N) is 1. The highest BCUT2D eigenvalue weighted by Crippen LogP contribution is 2.31. The quantitative estimate of drug-likeness (QED) is 0.413. The second-order valence-electron chi connectivity index (χ2n) is 6.53. The van der Waals surface area contributed by atoms with Crippen LogP contribution in [0.5, 0.6) is 5.75 Å². The van der Waals surface area contributed by atoms with E-state index < -0.39 is 23.2 Å². The van der Waals surface area contributed by atoms with Crippen LogP contribution in [0, 0.1) is 18.6 Å². The first-order valence-corrected chi connectivity index (χ1v) is 10.1. The molecule has 6 nitrogen and oxygen atoms in total. The molecular formula is C21H13ClF2N2O4S. The zero-order valence-corrected chi connectivity index (χ0v) is 17.4. The lowest BCUT2D eigenvalue weighted by molar-refractivity contribution is -0.118. The molecule has 0 atom stereocenters. The number of ether oxygens (including phenoxy) is 1. The third-order valence-corrected chi connectivity index (χ3v) is 5.38. The number of hydrogen-bond donors (Lipinski definition) is 1. The number of carbonyl (C=O) groups is 1. The van der Waals surface area contributed by atoms with E-state index in [2.05, 4.69) is 10.3 Å². The second-order valence-corrected chi connectivity index (χ2v) is 7.80. The topological polar surface area (TPSA) is 81.4 Å². The molecule has 0 bridgehead atoms. The number of aromatic nitrogens is 1. The lowest BCUT2D eigenvalue weighted by Crippen LogP contribution is -2.20. The normalized spacial score (nSPS) is 11.0. The number of nitrogens with zero attached hydrogens (tertiary/aromatic N) is 1. The van der Waals surface area contributed by atoms with Gasteiger partial charge in [0.1, 0.15) is 11.3 Å². The molecule has 0 aliphatic rings. The van der Waals surface area contributed by atoms with Crippen LogP contribution in [-0.2, 0) is 4.79 Å². The lowest BCUT2D eigenvalue weighted by Gasteiger charge is -2.09. The fraction of sp³-hybridized carbons (Fsp3) is 0.0952. The molecule has 31 heavy (non-hydrogen) atoms. The Morgan fingerprint density at radius 2 is 2.03 bits per heavy atom. The largest absolute Gasteiger partial charge is 0.482 e. The molecule has 10 heteroatoms. The molecule has 2 heterocycles. The molecular weight excluding hydrogens is 450 g/mol. The molecule has 4 aromatic rings. The van der Waals surface area contributed by atoms with Crippen molar-refractivity contribution < 1.29 is 22.7 Å². The van der Waals surface area contributed by atoms with Crippen molar-refractivity contribution in [3.8, 4) is 17.0 Å². The second kappa shape index (κ2) is 8.44. The first kappa shape index (κ1) is 21.0. The summed E-state index contributed by atoms with van der Waals surface area (Å²) in [5.74, 6) is -2.26. The Balaban J connectivity index is 1.44. The average molecular weight is 463 g/mol. The predicted molar refractivity (Wildman–Crippen MR) is 114 cm³/mol. The number of fused-ring (bicyclic) bond motifs is 1. The number of anilines is 1. The van der Waals surface area contributed by atoms with Gasteiger partial charge in [0.05, 0.1) is 10.7 Å². The summed E-state index contributed by atoms with van der Waals surface area (Å²) in [5, 5.41) is 5.35. The molecule has 0 spiro atoms. The summed E-state index contributed by atoms with van der Waals surface area (Å²) in [6.45, 7) is 1.38. The highest BCUT2D eigenvalue weighted by molar-refractivity contribution is 7.14. The van der Waals surface area contributed by atoms with Crippen molar-refractivity contribution in [3.05, 3.63) is 74.4 Å². The smallest absolute Gasteiger partial charge is 0.336 e. The third kappa shape index (κ3) is 4.57. The van der Waals surface area contributed by atoms with Gasteiger partial charge in [-0.05, 0) is 36.8 Å². The van der Waals surface area contributed by atoms with E-state index in [0.29, 0.717) is 27.8 Å². The van der Waals surface area contributed by atoms with E-state index in [1.807, 2.05) is 0 Å². The van der Waals surface area contributed by atoms with Crippen LogP contribution in [0.1, 0.15) is 5.56 Å². The maximum atomic E-state index is 13.4. The van der Waals surface area contributed by atoms with Gasteiger partial charge in [-0.25, -0.2) is 18.6 Å². The molecule has 0 saturated carbocycles. The number of amides is 1. The van der Waals surface area contributed by atoms with Crippen molar-refractivity contribution in [2.45, 2.75) is 6.92 Å². The molecule has 158 valence electrons. The first-order chi connectivity index (χ1) is 14.8. The van der Waals surface area contributed by atoms with E-state index in [0.717, 1.165) is 23.5 Å². The van der Waals surface area contributed by atoms with E-state index in [1.165, 1.54) is 18.2 Å². The van der Waals surface area contributed by atoms with Crippen LogP contribution in [0.4, 0.5) is 13.9 Å². The molecule has 0 aliphatic heterocycles. The van der Waals surface area contributed by atoms with Crippen molar-refractivity contribution in [1.82, 2.24) is 4.98 Å². The maximum absolute atomic E-state index is 13.4. The number of carbonyl (C=O) groups excluding carboxylic acids is 1. The van der Waals surface area contributed by atoms with Gasteiger partial charge in [0.25, 0.3) is 5.91 Å². The summed E-state index contributed by atoms with van der Waals surface area (Å²) in [4.78, 5) is 28.0. The zero-order chi connectivity index (χ0) is 22.1. The Morgan fingerprint density at radius 3 is 2.81 bits per heavy atom. The summed E-state index contributed by atoms with van der Waals surface area (Å²) in [5.41, 5.74) is 1.27. The standard InChI is InChI=1S/C21H13ClF2N2O4S/c1-10-4-20(28)30-17-7-18(13(22)6-12(10)17)29-8-19(27)26-21-25-16(9-31-21)11-2-3-14(23)15(24)5-11/h2-7,9H,8H2,1H3,(H,25,26,27). The van der Waals surface area contributed by atoms with Crippen molar-refractivity contribution >= 4 is 44.9 Å². The van der Waals surface area contributed by atoms with Crippen molar-refractivity contribution in [3.63, 3.8) is 0 Å². The first-order valence-electron chi connectivity index (χ1n) is 8.88. The predicted octanol–water partition coefficient (Wildman–Crippen LogP) is 5.17. The van der Waals surface area contributed by atoms with Crippen LogP contribution in [0.3, 0.4) is 0 Å². The SMILES string of the molecule is Cc1cc(=O)oc2cc(OCC(=O)Nc3nc(-c4ccc(F)c(F)c4)cs3)c(Cl)cc12. The van der Waals surface area contributed by atoms with Crippen LogP contribution in [0.15, 0.2) is 51.0 Å². The molecule has 1 N–H and O–H groups in total. The monoisotopic (exact) mass is 462 g/mol. The molecule has 0 radical (unpaired) electrons. The summed E-state index contributed by atoms with van der Waals surface area (Å²) >= 11 is 7.33. The van der Waals surface area contributed by atoms with Crippen LogP contribution in [-0.4, -0.2) is 17.5 Å². The van der Waals surface area contributed by atoms with E-state index in [-0.39, 0.29) is 22.5 Å². The fourth-order valence-electron chi connectivity index (χ4n) is 2.85. The van der Waals surface area contributed by atoms with Crippen LogP contribution in [0.2, 0.25) is 5.02 Å². The third-order valence-electron chi connectivity index (χ3n) is 4.33. The minimum atomic E-state index is -0.984. The fourth-order valence-corrected chi connectivity index (χ4v) is 3.80. The van der Waals surface area contributed by atoms with Gasteiger partial charge in [0.2, 0.25) is 0 Å². The van der Waals surface area contributed by atoms with E-state index in [1.54, 1.807) is 18.4 Å². The number of hydrogen-bond acceptors (Lipinski definition) is 6. The highest BCUT2D eigenvalue weighted by Gasteiger charge is 2.13. The molecule has 4 rings (SSSR count). The van der Waals surface area contributed by atoms with Crippen LogP contribution in [0.25, 0.3) is 22.2 Å². The Kier molecular flexibility index (Phi) is 5.71. The van der Waals surface area contributed by atoms with Gasteiger partial charge in [-0.2, -0.15) is 0 Å². The number of thiazole rings is 1. The molecule has 0 saturated heterocycles. The summed E-state index contributed by atoms with van der Waals surface area (Å²) in [7, 11) is 0. The minimum Gasteiger partial charge on any atom is -0.482 e. The van der Waals surface area contributed by atoms with E-state index >= 15 is 0 Å². The summed E-state index contributed by atoms with van der Waals surface area (Å²) < 4.78 is 37.1. The maximum Gasteiger partial charge on any atom is 0.336 e. The minimum absolute atomic E-state index is 0.180. The Bertz CT molecular complexity index is 1370. The molecule has 0 fully saturated rings. The summed E-state index contributed by atoms with van der Waals surface area (Å²) in [6.07, 6.45) is 0. The summed E-state index contributed by atoms with van der Waals surface area (Å²) in [6, 6.07) is 7.83. The number of halogens is 3. The van der Waals surface area contributed by atoms with Crippen LogP contribution >= 0.6 is 22.9 Å². The van der Waals surface area contributed by atoms with Crippen molar-refractivity contribution in [1.29, 1.82) is 0 Å². The van der Waals surface area contributed by atoms with Gasteiger partial charge in [-0.15, -0.1) is 11.3 Å². The van der Waals surface area contributed by atoms with E-state index in [4.69, 9.17) is 20.8 Å². The highest BCUT2D eigenvalue weighted by atomic mass is 35.5. The Hall–Kier alpha value is -3.30. The number of aryl methyl sites for hydroxylation is 1. The Morgan fingerprint density at radius 1 is 1.23 bits per heavy atom. The van der Waals surface area contributed by atoms with Gasteiger partial charge < -0.3 is 9.15 Å². The van der Waals surface area contributed by atoms with Gasteiger partial charge in [0, 0.05) is 28.5 Å². The molecule has 2 aromatic heterocycles. The Labute approximate surface area is 183 Å². The lowest BCUT2D eigenvalue weighted by atomic mass is 10.1. The molecule has 0 unspecified atom stereocenters. The van der Waals surface area contributed by atoms with Gasteiger partial charge in [-0.1, -0.05) is 11.6 Å².